The van der Waals surface area contributed by atoms with Crippen LogP contribution in [0.4, 0.5) is 0 Å². The molecule has 0 aliphatic carbocycles. The number of nitrogens with zero attached hydrogens (tertiary/aromatic N) is 4. The number of hydrogen-bond donors (Lipinski definition) is 2. The summed E-state index contributed by atoms with van der Waals surface area (Å²) in [4.78, 5) is 8.32. The highest BCUT2D eigenvalue weighted by atomic mass is 16.3. The van der Waals surface area contributed by atoms with Crippen molar-refractivity contribution < 1.29 is 5.11 Å². The maximum absolute atomic E-state index is 8.98. The summed E-state index contributed by atoms with van der Waals surface area (Å²) in [6.45, 7) is 0.0387. The van der Waals surface area contributed by atoms with Gasteiger partial charge in [0.25, 0.3) is 5.95 Å². The molecule has 0 amide bonds. The summed E-state index contributed by atoms with van der Waals surface area (Å²) in [5.74, 6) is 1.23. The Balaban J connectivity index is 1.92. The second-order valence-electron chi connectivity index (χ2n) is 3.81. The van der Waals surface area contributed by atoms with Crippen LogP contribution in [0.2, 0.25) is 0 Å². The van der Waals surface area contributed by atoms with E-state index in [1.165, 1.54) is 0 Å². The number of aromatic amines is 1. The average molecular weight is 241 g/mol. The molecule has 6 nitrogen and oxygen atoms in total. The zero-order chi connectivity index (χ0) is 12.4. The van der Waals surface area contributed by atoms with Gasteiger partial charge in [-0.05, 0) is 5.56 Å². The summed E-state index contributed by atoms with van der Waals surface area (Å²) in [6.07, 6.45) is 5.09. The number of nitrogens with one attached hydrogen (secondary N) is 1. The van der Waals surface area contributed by atoms with E-state index in [1.807, 2.05) is 24.3 Å². The predicted octanol–water partition coefficient (Wildman–Crippen LogP) is 1.15. The molecule has 3 rings (SSSR count). The van der Waals surface area contributed by atoms with Gasteiger partial charge in [-0.1, -0.05) is 24.3 Å². The van der Waals surface area contributed by atoms with Gasteiger partial charge in [0.05, 0.1) is 6.61 Å². The highest BCUT2D eigenvalue weighted by molar-refractivity contribution is 5.55. The molecular formula is C12H11N5O. The topological polar surface area (TPSA) is 79.6 Å². The van der Waals surface area contributed by atoms with Gasteiger partial charge < -0.3 is 5.11 Å². The number of hydrogen-bond acceptors (Lipinski definition) is 4. The zero-order valence-corrected chi connectivity index (χ0v) is 9.48. The molecule has 0 saturated carbocycles. The van der Waals surface area contributed by atoms with Gasteiger partial charge in [0.2, 0.25) is 0 Å². The van der Waals surface area contributed by atoms with Crippen LogP contribution in [0.25, 0.3) is 17.3 Å². The van der Waals surface area contributed by atoms with E-state index >= 15 is 0 Å². The van der Waals surface area contributed by atoms with Crippen molar-refractivity contribution >= 4 is 0 Å². The molecule has 0 radical (unpaired) electrons. The lowest BCUT2D eigenvalue weighted by Gasteiger charge is -1.98. The molecule has 90 valence electrons. The third kappa shape index (κ3) is 1.89. The number of benzene rings is 1. The van der Waals surface area contributed by atoms with Crippen molar-refractivity contribution in [2.45, 2.75) is 6.61 Å². The van der Waals surface area contributed by atoms with Crippen LogP contribution in [0.15, 0.2) is 43.0 Å². The standard InChI is InChI=1S/C12H11N5O/c18-7-9-1-3-10(4-2-9)11-14-12(16-15-11)17-6-5-13-8-17/h1-6,8,18H,7H2,(H,14,15,16). The molecule has 0 spiro atoms. The maximum Gasteiger partial charge on any atom is 0.254 e. The van der Waals surface area contributed by atoms with Crippen molar-refractivity contribution in [2.75, 3.05) is 0 Å². The Morgan fingerprint density at radius 2 is 2.06 bits per heavy atom. The van der Waals surface area contributed by atoms with E-state index in [4.69, 9.17) is 5.11 Å². The van der Waals surface area contributed by atoms with E-state index < -0.39 is 0 Å². The van der Waals surface area contributed by atoms with Gasteiger partial charge in [0.1, 0.15) is 6.33 Å². The number of aromatic nitrogens is 5. The van der Waals surface area contributed by atoms with Crippen LogP contribution < -0.4 is 0 Å². The number of H-pyrrole nitrogens is 1. The highest BCUT2D eigenvalue weighted by Crippen LogP contribution is 2.16. The van der Waals surface area contributed by atoms with Gasteiger partial charge in [0, 0.05) is 18.0 Å². The van der Waals surface area contributed by atoms with Crippen molar-refractivity contribution in [1.29, 1.82) is 0 Å². The normalized spacial score (nSPS) is 10.7. The summed E-state index contributed by atoms with van der Waals surface area (Å²) < 4.78 is 1.72. The summed E-state index contributed by atoms with van der Waals surface area (Å²) in [7, 11) is 0. The monoisotopic (exact) mass is 241 g/mol. The Hall–Kier alpha value is -2.47. The minimum Gasteiger partial charge on any atom is -0.392 e. The highest BCUT2D eigenvalue weighted by Gasteiger charge is 2.06. The van der Waals surface area contributed by atoms with Gasteiger partial charge >= 0.3 is 0 Å². The number of rotatable bonds is 3. The summed E-state index contributed by atoms with van der Waals surface area (Å²) in [6, 6.07) is 7.50. The Morgan fingerprint density at radius 3 is 2.72 bits per heavy atom. The molecule has 0 fully saturated rings. The van der Waals surface area contributed by atoms with Crippen LogP contribution in [-0.4, -0.2) is 29.8 Å². The van der Waals surface area contributed by atoms with E-state index in [-0.39, 0.29) is 6.61 Å². The fourth-order valence-corrected chi connectivity index (χ4v) is 1.64. The molecule has 0 saturated heterocycles. The van der Waals surface area contributed by atoms with Gasteiger partial charge in [-0.25, -0.2) is 4.98 Å². The summed E-state index contributed by atoms with van der Waals surface area (Å²) >= 11 is 0. The lowest BCUT2D eigenvalue weighted by Crippen LogP contribution is -1.92. The van der Waals surface area contributed by atoms with E-state index in [2.05, 4.69) is 20.2 Å². The third-order valence-electron chi connectivity index (χ3n) is 2.62. The first kappa shape index (κ1) is 10.7. The number of imidazole rings is 1. The molecule has 2 heterocycles. The predicted molar refractivity (Wildman–Crippen MR) is 64.9 cm³/mol. The molecule has 0 aliphatic rings. The van der Waals surface area contributed by atoms with Gasteiger partial charge in [-0.3, -0.25) is 9.67 Å². The smallest absolute Gasteiger partial charge is 0.254 e. The summed E-state index contributed by atoms with van der Waals surface area (Å²) in [5, 5.41) is 16.0. The van der Waals surface area contributed by atoms with E-state index in [0.29, 0.717) is 11.8 Å². The van der Waals surface area contributed by atoms with Crippen LogP contribution in [0.3, 0.4) is 0 Å². The molecule has 2 N–H and O–H groups in total. The molecule has 6 heteroatoms. The Kier molecular flexibility index (Phi) is 2.62. The van der Waals surface area contributed by atoms with Crippen LogP contribution in [-0.2, 0) is 6.61 Å². The maximum atomic E-state index is 8.98. The lowest BCUT2D eigenvalue weighted by molar-refractivity contribution is 0.282. The van der Waals surface area contributed by atoms with Crippen LogP contribution in [0.5, 0.6) is 0 Å². The largest absolute Gasteiger partial charge is 0.392 e. The Bertz CT molecular complexity index is 627. The van der Waals surface area contributed by atoms with Crippen molar-refractivity contribution in [1.82, 2.24) is 24.7 Å². The molecule has 0 aliphatic heterocycles. The molecule has 3 aromatic rings. The molecule has 0 bridgehead atoms. The van der Waals surface area contributed by atoms with Crippen molar-refractivity contribution in [3.05, 3.63) is 48.5 Å². The fourth-order valence-electron chi connectivity index (χ4n) is 1.64. The fraction of sp³-hybridized carbons (Fsp3) is 0.0833. The van der Waals surface area contributed by atoms with E-state index in [1.54, 1.807) is 23.3 Å². The minimum absolute atomic E-state index is 0.0387. The molecule has 0 atom stereocenters. The van der Waals surface area contributed by atoms with E-state index in [9.17, 15) is 0 Å². The van der Waals surface area contributed by atoms with Crippen LogP contribution in [0.1, 0.15) is 5.56 Å². The van der Waals surface area contributed by atoms with E-state index in [0.717, 1.165) is 11.1 Å². The van der Waals surface area contributed by atoms with Crippen molar-refractivity contribution in [3.63, 3.8) is 0 Å². The quantitative estimate of drug-likeness (QED) is 0.721. The minimum atomic E-state index is 0.0387. The molecule has 0 unspecified atom stereocenters. The van der Waals surface area contributed by atoms with Crippen molar-refractivity contribution in [3.8, 4) is 17.3 Å². The Morgan fingerprint density at radius 1 is 1.22 bits per heavy atom. The first-order valence-electron chi connectivity index (χ1n) is 5.48. The van der Waals surface area contributed by atoms with Gasteiger partial charge in [0.15, 0.2) is 5.82 Å². The second kappa shape index (κ2) is 4.42. The number of aliphatic hydroxyl groups excluding tert-OH is 1. The molecule has 1 aromatic carbocycles. The second-order valence-corrected chi connectivity index (χ2v) is 3.81. The zero-order valence-electron chi connectivity index (χ0n) is 9.48. The van der Waals surface area contributed by atoms with Crippen LogP contribution >= 0.6 is 0 Å². The molecular weight excluding hydrogens is 230 g/mol. The van der Waals surface area contributed by atoms with Gasteiger partial charge in [-0.2, -0.15) is 4.98 Å². The molecule has 18 heavy (non-hydrogen) atoms. The summed E-state index contributed by atoms with van der Waals surface area (Å²) in [5.41, 5.74) is 1.79. The first-order chi connectivity index (χ1) is 8.86. The third-order valence-corrected chi connectivity index (χ3v) is 2.62. The van der Waals surface area contributed by atoms with Crippen molar-refractivity contribution in [2.24, 2.45) is 0 Å². The average Bonchev–Trinajstić information content (AvgIpc) is 3.09. The SMILES string of the molecule is OCc1ccc(-c2nc(-n3ccnc3)n[nH]2)cc1. The molecule has 2 aromatic heterocycles. The number of aliphatic hydroxyl groups is 1. The first-order valence-corrected chi connectivity index (χ1v) is 5.48. The van der Waals surface area contributed by atoms with Crippen LogP contribution in [0, 0.1) is 0 Å². The van der Waals surface area contributed by atoms with Gasteiger partial charge in [-0.15, -0.1) is 5.10 Å². The lowest BCUT2D eigenvalue weighted by atomic mass is 10.1. The Labute approximate surface area is 103 Å².